The maximum absolute atomic E-state index is 12.3. The van der Waals surface area contributed by atoms with E-state index >= 15 is 0 Å². The van der Waals surface area contributed by atoms with Crippen LogP contribution in [0, 0.1) is 5.41 Å². The van der Waals surface area contributed by atoms with Gasteiger partial charge >= 0.3 is 0 Å². The number of hydrogen-bond acceptors (Lipinski definition) is 2. The molecule has 0 spiro atoms. The lowest BCUT2D eigenvalue weighted by Gasteiger charge is -2.26. The van der Waals surface area contributed by atoms with Crippen molar-refractivity contribution in [2.24, 2.45) is 5.41 Å². The number of carbonyl (C=O) groups excluding carboxylic acids is 2. The molecule has 2 nitrogen and oxygen atoms in total. The first-order valence-electron chi connectivity index (χ1n) is 8.50. The van der Waals surface area contributed by atoms with Crippen molar-refractivity contribution in [1.29, 1.82) is 0 Å². The zero-order valence-electron chi connectivity index (χ0n) is 14.8. The Morgan fingerprint density at radius 2 is 1.08 bits per heavy atom. The fourth-order valence-electron chi connectivity index (χ4n) is 2.83. The van der Waals surface area contributed by atoms with Gasteiger partial charge in [0.05, 0.1) is 5.41 Å². The lowest BCUT2D eigenvalue weighted by atomic mass is 9.74. The van der Waals surface area contributed by atoms with Gasteiger partial charge in [-0.05, 0) is 37.8 Å². The van der Waals surface area contributed by atoms with Crippen LogP contribution >= 0.6 is 0 Å². The van der Waals surface area contributed by atoms with Crippen LogP contribution in [0.3, 0.4) is 0 Å². The van der Waals surface area contributed by atoms with Crippen LogP contribution < -0.4 is 0 Å². The van der Waals surface area contributed by atoms with Crippen molar-refractivity contribution in [2.45, 2.75) is 26.7 Å². The minimum atomic E-state index is -0.990. The van der Waals surface area contributed by atoms with Gasteiger partial charge in [0.25, 0.3) is 0 Å². The number of allylic oxidation sites excluding steroid dienone is 2. The largest absolute Gasteiger partial charge is 0.299 e. The highest BCUT2D eigenvalue weighted by Gasteiger charge is 2.38. The number of benzene rings is 2. The molecule has 0 heterocycles. The summed E-state index contributed by atoms with van der Waals surface area (Å²) in [6.45, 7) is 3.02. The molecule has 0 unspecified atom stereocenters. The Morgan fingerprint density at radius 3 is 1.40 bits per heavy atom. The standard InChI is InChI=1S/C23H24O2/c1-19(24)23(20(2)25,17-9-15-21-11-5-3-6-12-21)18-10-16-22-13-7-4-8-14-22/h3-16H,17-18H2,1-2H3/b15-9+,16-10+. The molecular formula is C23H24O2. The average Bonchev–Trinajstić information content (AvgIpc) is 2.61. The molecule has 0 saturated heterocycles. The van der Waals surface area contributed by atoms with E-state index < -0.39 is 5.41 Å². The molecule has 0 saturated carbocycles. The molecule has 0 aliphatic rings. The van der Waals surface area contributed by atoms with Crippen LogP contribution in [0.2, 0.25) is 0 Å². The molecule has 0 N–H and O–H groups in total. The van der Waals surface area contributed by atoms with Crippen LogP contribution in [0.1, 0.15) is 37.8 Å². The van der Waals surface area contributed by atoms with Gasteiger partial charge in [-0.1, -0.05) is 85.0 Å². The van der Waals surface area contributed by atoms with Crippen molar-refractivity contribution in [3.05, 3.63) is 83.9 Å². The molecule has 0 bridgehead atoms. The normalized spacial score (nSPS) is 11.9. The molecule has 128 valence electrons. The quantitative estimate of drug-likeness (QED) is 0.610. The highest BCUT2D eigenvalue weighted by atomic mass is 16.2. The fraction of sp³-hybridized carbons (Fsp3) is 0.217. The van der Waals surface area contributed by atoms with Crippen molar-refractivity contribution in [3.8, 4) is 0 Å². The number of ketones is 2. The summed E-state index contributed by atoms with van der Waals surface area (Å²) in [5.41, 5.74) is 1.13. The van der Waals surface area contributed by atoms with E-state index in [1.165, 1.54) is 13.8 Å². The molecule has 0 atom stereocenters. The summed E-state index contributed by atoms with van der Waals surface area (Å²) < 4.78 is 0. The number of Topliss-reactive ketones (excluding diaryl/α,β-unsaturated/α-hetero) is 2. The van der Waals surface area contributed by atoms with Crippen molar-refractivity contribution >= 4 is 23.7 Å². The van der Waals surface area contributed by atoms with E-state index in [4.69, 9.17) is 0 Å². The van der Waals surface area contributed by atoms with Crippen LogP contribution in [-0.4, -0.2) is 11.6 Å². The molecule has 2 aromatic carbocycles. The SMILES string of the molecule is CC(=O)C(C/C=C/c1ccccc1)(C/C=C/c1ccccc1)C(C)=O. The van der Waals surface area contributed by atoms with Gasteiger partial charge in [0.2, 0.25) is 0 Å². The summed E-state index contributed by atoms with van der Waals surface area (Å²) in [6.07, 6.45) is 8.59. The third-order valence-electron chi connectivity index (χ3n) is 4.50. The first-order chi connectivity index (χ1) is 12.0. The van der Waals surface area contributed by atoms with Crippen molar-refractivity contribution in [3.63, 3.8) is 0 Å². The maximum Gasteiger partial charge on any atom is 0.143 e. The van der Waals surface area contributed by atoms with Crippen LogP contribution in [0.4, 0.5) is 0 Å². The first kappa shape index (κ1) is 18.6. The molecule has 2 aromatic rings. The van der Waals surface area contributed by atoms with E-state index in [-0.39, 0.29) is 11.6 Å². The highest BCUT2D eigenvalue weighted by molar-refractivity contribution is 6.05. The summed E-state index contributed by atoms with van der Waals surface area (Å²) in [5, 5.41) is 0. The van der Waals surface area contributed by atoms with E-state index in [1.54, 1.807) is 0 Å². The average molecular weight is 332 g/mol. The molecule has 25 heavy (non-hydrogen) atoms. The summed E-state index contributed by atoms with van der Waals surface area (Å²) >= 11 is 0. The summed E-state index contributed by atoms with van der Waals surface area (Å²) in [5.74, 6) is -0.175. The summed E-state index contributed by atoms with van der Waals surface area (Å²) in [4.78, 5) is 24.6. The second kappa shape index (κ2) is 8.93. The second-order valence-corrected chi connectivity index (χ2v) is 6.23. The molecule has 0 amide bonds. The molecular weight excluding hydrogens is 308 g/mol. The summed E-state index contributed by atoms with van der Waals surface area (Å²) in [7, 11) is 0. The van der Waals surface area contributed by atoms with Crippen LogP contribution in [0.25, 0.3) is 12.2 Å². The Hall–Kier alpha value is -2.74. The van der Waals surface area contributed by atoms with Gasteiger partial charge in [-0.2, -0.15) is 0 Å². The van der Waals surface area contributed by atoms with Crippen LogP contribution in [0.5, 0.6) is 0 Å². The molecule has 0 radical (unpaired) electrons. The topological polar surface area (TPSA) is 34.1 Å². The molecule has 0 aliphatic carbocycles. The fourth-order valence-corrected chi connectivity index (χ4v) is 2.83. The minimum Gasteiger partial charge on any atom is -0.299 e. The smallest absolute Gasteiger partial charge is 0.143 e. The van der Waals surface area contributed by atoms with Gasteiger partial charge in [-0.25, -0.2) is 0 Å². The predicted octanol–water partition coefficient (Wildman–Crippen LogP) is 5.36. The zero-order valence-corrected chi connectivity index (χ0v) is 14.8. The molecule has 2 rings (SSSR count). The minimum absolute atomic E-state index is 0.0876. The second-order valence-electron chi connectivity index (χ2n) is 6.23. The van der Waals surface area contributed by atoms with E-state index in [0.29, 0.717) is 12.8 Å². The molecule has 2 heteroatoms. The molecule has 0 aliphatic heterocycles. The molecule has 0 aromatic heterocycles. The van der Waals surface area contributed by atoms with Crippen LogP contribution in [-0.2, 0) is 9.59 Å². The lowest BCUT2D eigenvalue weighted by molar-refractivity contribution is -0.138. The zero-order chi connectivity index (χ0) is 18.1. The Bertz CT molecular complexity index is 688. The number of rotatable bonds is 8. The monoisotopic (exact) mass is 332 g/mol. The van der Waals surface area contributed by atoms with Gasteiger partial charge in [-0.15, -0.1) is 0 Å². The van der Waals surface area contributed by atoms with Gasteiger partial charge in [0.1, 0.15) is 11.6 Å². The van der Waals surface area contributed by atoms with Crippen LogP contribution in [0.15, 0.2) is 72.8 Å². The van der Waals surface area contributed by atoms with E-state index in [9.17, 15) is 9.59 Å². The van der Waals surface area contributed by atoms with Crippen molar-refractivity contribution < 1.29 is 9.59 Å². The van der Waals surface area contributed by atoms with Gasteiger partial charge in [-0.3, -0.25) is 9.59 Å². The Kier molecular flexibility index (Phi) is 6.64. The Balaban J connectivity index is 2.16. The van der Waals surface area contributed by atoms with Gasteiger partial charge < -0.3 is 0 Å². The third-order valence-corrected chi connectivity index (χ3v) is 4.50. The first-order valence-corrected chi connectivity index (χ1v) is 8.50. The predicted molar refractivity (Wildman–Crippen MR) is 104 cm³/mol. The highest BCUT2D eigenvalue weighted by Crippen LogP contribution is 2.31. The number of carbonyl (C=O) groups is 2. The molecule has 0 fully saturated rings. The Labute approximate surface area is 149 Å². The van der Waals surface area contributed by atoms with E-state index in [2.05, 4.69) is 0 Å². The lowest BCUT2D eigenvalue weighted by Crippen LogP contribution is -2.35. The maximum atomic E-state index is 12.3. The van der Waals surface area contributed by atoms with E-state index in [0.717, 1.165) is 11.1 Å². The summed E-state index contributed by atoms with van der Waals surface area (Å²) in [6, 6.07) is 19.8. The van der Waals surface area contributed by atoms with Crippen molar-refractivity contribution in [1.82, 2.24) is 0 Å². The Morgan fingerprint density at radius 1 is 0.720 bits per heavy atom. The third kappa shape index (κ3) is 5.12. The van der Waals surface area contributed by atoms with Gasteiger partial charge in [0.15, 0.2) is 0 Å². The van der Waals surface area contributed by atoms with Crippen molar-refractivity contribution in [2.75, 3.05) is 0 Å². The number of hydrogen-bond donors (Lipinski definition) is 0. The van der Waals surface area contributed by atoms with Gasteiger partial charge in [0, 0.05) is 0 Å². The van der Waals surface area contributed by atoms with E-state index in [1.807, 2.05) is 85.0 Å².